The van der Waals surface area contributed by atoms with Gasteiger partial charge in [-0.2, -0.15) is 0 Å². The van der Waals surface area contributed by atoms with Crippen molar-refractivity contribution in [2.24, 2.45) is 35.5 Å². The predicted octanol–water partition coefficient (Wildman–Crippen LogP) is 1.86. The number of ketones is 1. The maximum Gasteiger partial charge on any atom is 0.329 e. The number of nitrogens with zero attached hydrogens (tertiary/aromatic N) is 1. The second kappa shape index (κ2) is 6.79. The molecule has 4 aliphatic carbocycles. The zero-order valence-electron chi connectivity index (χ0n) is 16.8. The Balaban J connectivity index is 1.24. The third-order valence-corrected chi connectivity index (χ3v) is 7.18. The van der Waals surface area contributed by atoms with E-state index in [0.717, 1.165) is 11.3 Å². The number of esters is 1. The Kier molecular flexibility index (Phi) is 4.31. The van der Waals surface area contributed by atoms with Gasteiger partial charge < -0.3 is 9.47 Å². The molecule has 0 radical (unpaired) electrons. The third kappa shape index (κ3) is 2.71. The molecule has 5 aliphatic rings. The minimum atomic E-state index is -1.05. The van der Waals surface area contributed by atoms with Crippen molar-refractivity contribution in [3.8, 4) is 5.75 Å². The van der Waals surface area contributed by atoms with Gasteiger partial charge in [0.25, 0.3) is 0 Å². The van der Waals surface area contributed by atoms with Crippen molar-refractivity contribution in [2.75, 3.05) is 13.7 Å². The lowest BCUT2D eigenvalue weighted by atomic mass is 9.63. The van der Waals surface area contributed by atoms with Gasteiger partial charge in [0.1, 0.15) is 11.8 Å². The Morgan fingerprint density at radius 1 is 1.03 bits per heavy atom. The molecule has 2 bridgehead atoms. The number of carbonyl (C=O) groups excluding carboxylic acids is 4. The standard InChI is InChI=1S/C23H23NO6/c1-11(23(28)30-10-18(25)12-3-5-13(29-2)6-4-12)24-21(26)19-14-7-8-15(17-9-16(14)17)20(19)22(24)27/h3-8,11,14-17,19-20H,9-10H2,1-2H3/t11-,14-,15-,16-,17+,19-,20+/m0/s1. The molecule has 0 spiro atoms. The number of imide groups is 1. The zero-order valence-corrected chi connectivity index (χ0v) is 16.8. The molecule has 3 fully saturated rings. The van der Waals surface area contributed by atoms with E-state index in [9.17, 15) is 19.2 Å². The van der Waals surface area contributed by atoms with Crippen molar-refractivity contribution in [1.82, 2.24) is 4.90 Å². The van der Waals surface area contributed by atoms with Crippen LogP contribution in [0.1, 0.15) is 23.7 Å². The number of amides is 2. The molecule has 7 heteroatoms. The lowest BCUT2D eigenvalue weighted by Gasteiger charge is -2.37. The highest BCUT2D eigenvalue weighted by molar-refractivity contribution is 6.09. The van der Waals surface area contributed by atoms with Crippen LogP contribution in [0.15, 0.2) is 36.4 Å². The number of hydrogen-bond donors (Lipinski definition) is 0. The molecule has 30 heavy (non-hydrogen) atoms. The molecule has 1 saturated heterocycles. The summed E-state index contributed by atoms with van der Waals surface area (Å²) in [5, 5.41) is 0. The lowest BCUT2D eigenvalue weighted by Crippen LogP contribution is -2.45. The number of ether oxygens (including phenoxy) is 2. The minimum Gasteiger partial charge on any atom is -0.497 e. The van der Waals surface area contributed by atoms with Crippen molar-refractivity contribution in [3.05, 3.63) is 42.0 Å². The van der Waals surface area contributed by atoms with Crippen molar-refractivity contribution >= 4 is 23.6 Å². The fourth-order valence-corrected chi connectivity index (χ4v) is 5.58. The van der Waals surface area contributed by atoms with Crippen LogP contribution in [0, 0.1) is 35.5 Å². The van der Waals surface area contributed by atoms with Crippen molar-refractivity contribution < 1.29 is 28.7 Å². The Labute approximate surface area is 174 Å². The van der Waals surface area contributed by atoms with Crippen molar-refractivity contribution in [1.29, 1.82) is 0 Å². The van der Waals surface area contributed by atoms with E-state index in [-0.39, 0.29) is 41.3 Å². The highest BCUT2D eigenvalue weighted by Crippen LogP contribution is 2.65. The first-order valence-corrected chi connectivity index (χ1v) is 10.3. The van der Waals surface area contributed by atoms with Gasteiger partial charge in [-0.3, -0.25) is 19.3 Å². The maximum absolute atomic E-state index is 13.1. The summed E-state index contributed by atoms with van der Waals surface area (Å²) in [6.07, 6.45) is 5.26. The Bertz CT molecular complexity index is 930. The van der Waals surface area contributed by atoms with E-state index < -0.39 is 18.6 Å². The summed E-state index contributed by atoms with van der Waals surface area (Å²) in [6.45, 7) is 1.04. The number of likely N-dealkylation sites (tertiary alicyclic amines) is 1. The van der Waals surface area contributed by atoms with Crippen LogP contribution < -0.4 is 4.74 Å². The van der Waals surface area contributed by atoms with Gasteiger partial charge in [-0.1, -0.05) is 12.2 Å². The number of allylic oxidation sites excluding steroid dienone is 2. The number of Topliss-reactive ketones (excluding diaryl/α,β-unsaturated/α-hetero) is 1. The van der Waals surface area contributed by atoms with Crippen LogP contribution in [0.2, 0.25) is 0 Å². The van der Waals surface area contributed by atoms with Crippen molar-refractivity contribution in [2.45, 2.75) is 19.4 Å². The molecule has 1 aromatic rings. The normalized spacial score (nSPS) is 33.7. The number of rotatable bonds is 6. The van der Waals surface area contributed by atoms with E-state index in [2.05, 4.69) is 12.2 Å². The molecule has 0 N–H and O–H groups in total. The SMILES string of the molecule is COc1ccc(C(=O)COC(=O)[C@H](C)N2C(=O)[C@@H]3[C@H]4C=C[C@@H]([C@@H]5C[C@H]45)[C@@H]3C2=O)cc1. The van der Waals surface area contributed by atoms with Crippen LogP contribution in [-0.4, -0.2) is 48.2 Å². The molecule has 2 amide bonds. The zero-order chi connectivity index (χ0) is 21.2. The summed E-state index contributed by atoms with van der Waals surface area (Å²) in [7, 11) is 1.53. The molecular formula is C23H23NO6. The molecular weight excluding hydrogens is 386 g/mol. The van der Waals surface area contributed by atoms with Crippen LogP contribution in [-0.2, 0) is 19.1 Å². The number of methoxy groups -OCH3 is 1. The van der Waals surface area contributed by atoms with Gasteiger partial charge in [-0.05, 0) is 61.3 Å². The van der Waals surface area contributed by atoms with E-state index in [1.807, 2.05) is 0 Å². The van der Waals surface area contributed by atoms with Crippen LogP contribution >= 0.6 is 0 Å². The molecule has 0 aromatic heterocycles. The summed E-state index contributed by atoms with van der Waals surface area (Å²) in [5.74, 6) is -0.551. The third-order valence-electron chi connectivity index (χ3n) is 7.18. The van der Waals surface area contributed by atoms with Gasteiger partial charge in [0.15, 0.2) is 12.4 Å². The van der Waals surface area contributed by atoms with Crippen LogP contribution in [0.4, 0.5) is 0 Å². The molecule has 1 heterocycles. The highest BCUT2D eigenvalue weighted by atomic mass is 16.5. The van der Waals surface area contributed by atoms with Gasteiger partial charge in [-0.25, -0.2) is 4.79 Å². The van der Waals surface area contributed by atoms with E-state index >= 15 is 0 Å². The number of carbonyl (C=O) groups is 4. The van der Waals surface area contributed by atoms with Gasteiger partial charge in [0.05, 0.1) is 18.9 Å². The first-order valence-electron chi connectivity index (χ1n) is 10.3. The average molecular weight is 409 g/mol. The van der Waals surface area contributed by atoms with Gasteiger partial charge in [0, 0.05) is 5.56 Å². The molecule has 0 unspecified atom stereocenters. The quantitative estimate of drug-likeness (QED) is 0.308. The molecule has 1 aliphatic heterocycles. The number of benzene rings is 1. The maximum atomic E-state index is 13.1. The second-order valence-corrected chi connectivity index (χ2v) is 8.64. The second-order valence-electron chi connectivity index (χ2n) is 8.64. The Morgan fingerprint density at radius 2 is 1.60 bits per heavy atom. The molecule has 7 atom stereocenters. The topological polar surface area (TPSA) is 90.0 Å². The van der Waals surface area contributed by atoms with E-state index in [1.54, 1.807) is 24.3 Å². The van der Waals surface area contributed by atoms with E-state index in [0.29, 0.717) is 23.1 Å². The molecule has 7 nitrogen and oxygen atoms in total. The van der Waals surface area contributed by atoms with Crippen molar-refractivity contribution in [3.63, 3.8) is 0 Å². The predicted molar refractivity (Wildman–Crippen MR) is 104 cm³/mol. The Morgan fingerprint density at radius 3 is 2.13 bits per heavy atom. The summed E-state index contributed by atoms with van der Waals surface area (Å²) in [5.41, 5.74) is 0.387. The van der Waals surface area contributed by atoms with Crippen LogP contribution in [0.5, 0.6) is 5.75 Å². The summed E-state index contributed by atoms with van der Waals surface area (Å²) in [6, 6.07) is 5.42. The van der Waals surface area contributed by atoms with E-state index in [4.69, 9.17) is 9.47 Å². The lowest BCUT2D eigenvalue weighted by molar-refractivity contribution is -0.157. The summed E-state index contributed by atoms with van der Waals surface area (Å²) < 4.78 is 10.2. The molecule has 156 valence electrons. The van der Waals surface area contributed by atoms with Gasteiger partial charge in [-0.15, -0.1) is 0 Å². The average Bonchev–Trinajstić information content (AvgIpc) is 3.55. The monoisotopic (exact) mass is 409 g/mol. The summed E-state index contributed by atoms with van der Waals surface area (Å²) >= 11 is 0. The fraction of sp³-hybridized carbons (Fsp3) is 0.478. The van der Waals surface area contributed by atoms with Gasteiger partial charge in [0.2, 0.25) is 11.8 Å². The molecule has 2 saturated carbocycles. The van der Waals surface area contributed by atoms with E-state index in [1.165, 1.54) is 14.0 Å². The smallest absolute Gasteiger partial charge is 0.329 e. The largest absolute Gasteiger partial charge is 0.497 e. The fourth-order valence-electron chi connectivity index (χ4n) is 5.58. The Hall–Kier alpha value is -2.96. The van der Waals surface area contributed by atoms with Crippen LogP contribution in [0.25, 0.3) is 0 Å². The minimum absolute atomic E-state index is 0.103. The first-order chi connectivity index (χ1) is 14.4. The van der Waals surface area contributed by atoms with Crippen LogP contribution in [0.3, 0.4) is 0 Å². The summed E-state index contributed by atoms with van der Waals surface area (Å²) in [4.78, 5) is 52.0. The first kappa shape index (κ1) is 19.0. The highest BCUT2D eigenvalue weighted by Gasteiger charge is 2.67. The molecule has 6 rings (SSSR count). The molecule has 1 aromatic carbocycles. The van der Waals surface area contributed by atoms with Gasteiger partial charge >= 0.3 is 5.97 Å². The number of hydrogen-bond acceptors (Lipinski definition) is 6.